The Balaban J connectivity index is 0.000000379. The SMILES string of the molecule is CC.CC.c1ccc2c(c1)COCO2. The molecule has 0 bridgehead atoms. The molecule has 0 amide bonds. The Morgan fingerprint density at radius 2 is 1.64 bits per heavy atom. The van der Waals surface area contributed by atoms with E-state index < -0.39 is 0 Å². The van der Waals surface area contributed by atoms with Crippen LogP contribution in [0.1, 0.15) is 33.3 Å². The fourth-order valence-corrected chi connectivity index (χ4v) is 1.02. The van der Waals surface area contributed by atoms with E-state index in [0.717, 1.165) is 11.3 Å². The Hall–Kier alpha value is -1.02. The van der Waals surface area contributed by atoms with E-state index in [2.05, 4.69) is 0 Å². The Kier molecular flexibility index (Phi) is 7.95. The molecule has 1 aliphatic rings. The summed E-state index contributed by atoms with van der Waals surface area (Å²) in [5.74, 6) is 0.953. The van der Waals surface area contributed by atoms with Crippen molar-refractivity contribution in [3.8, 4) is 5.75 Å². The lowest BCUT2D eigenvalue weighted by Gasteiger charge is -2.16. The Morgan fingerprint density at radius 3 is 2.29 bits per heavy atom. The lowest BCUT2D eigenvalue weighted by molar-refractivity contribution is -0.0163. The topological polar surface area (TPSA) is 18.5 Å². The van der Waals surface area contributed by atoms with Crippen LogP contribution in [0.4, 0.5) is 0 Å². The summed E-state index contributed by atoms with van der Waals surface area (Å²) in [7, 11) is 0. The standard InChI is InChI=1S/C8H8O2.2C2H6/c1-2-4-8-7(3-1)5-9-6-10-8;2*1-2/h1-4H,5-6H2;2*1-2H3. The molecule has 1 aromatic carbocycles. The normalized spacial score (nSPS) is 12.0. The van der Waals surface area contributed by atoms with Gasteiger partial charge in [0.15, 0.2) is 6.79 Å². The molecular formula is C12H20O2. The Morgan fingerprint density at radius 1 is 1.00 bits per heavy atom. The highest BCUT2D eigenvalue weighted by molar-refractivity contribution is 5.33. The molecule has 0 N–H and O–H groups in total. The van der Waals surface area contributed by atoms with Crippen LogP contribution in [-0.4, -0.2) is 6.79 Å². The number of rotatable bonds is 0. The molecule has 2 rings (SSSR count). The average molecular weight is 196 g/mol. The van der Waals surface area contributed by atoms with E-state index in [-0.39, 0.29) is 0 Å². The Bertz CT molecular complexity index is 209. The largest absolute Gasteiger partial charge is 0.467 e. The highest BCUT2D eigenvalue weighted by Crippen LogP contribution is 2.21. The fraction of sp³-hybridized carbons (Fsp3) is 0.500. The summed E-state index contributed by atoms with van der Waals surface area (Å²) in [5, 5.41) is 0. The number of ether oxygens (including phenoxy) is 2. The maximum absolute atomic E-state index is 5.20. The molecule has 1 aromatic rings. The lowest BCUT2D eigenvalue weighted by Crippen LogP contribution is -2.10. The molecule has 1 aliphatic heterocycles. The van der Waals surface area contributed by atoms with Crippen LogP contribution in [0.15, 0.2) is 24.3 Å². The molecular weight excluding hydrogens is 176 g/mol. The van der Waals surface area contributed by atoms with E-state index in [1.165, 1.54) is 0 Å². The first-order valence-electron chi connectivity index (χ1n) is 5.25. The molecule has 0 atom stereocenters. The number of hydrogen-bond donors (Lipinski definition) is 0. The zero-order valence-corrected chi connectivity index (χ0v) is 9.54. The Labute approximate surface area is 86.9 Å². The molecule has 0 spiro atoms. The maximum atomic E-state index is 5.20. The van der Waals surface area contributed by atoms with Gasteiger partial charge in [-0.25, -0.2) is 0 Å². The van der Waals surface area contributed by atoms with Gasteiger partial charge in [0, 0.05) is 5.56 Å². The van der Waals surface area contributed by atoms with Crippen LogP contribution in [0, 0.1) is 0 Å². The summed E-state index contributed by atoms with van der Waals surface area (Å²) >= 11 is 0. The van der Waals surface area contributed by atoms with Crippen molar-refractivity contribution in [1.29, 1.82) is 0 Å². The lowest BCUT2D eigenvalue weighted by atomic mass is 10.2. The van der Waals surface area contributed by atoms with Gasteiger partial charge in [0.2, 0.25) is 0 Å². The summed E-state index contributed by atoms with van der Waals surface area (Å²) in [5.41, 5.74) is 1.13. The van der Waals surface area contributed by atoms with Gasteiger partial charge in [-0.1, -0.05) is 45.9 Å². The molecule has 0 aliphatic carbocycles. The van der Waals surface area contributed by atoms with Crippen molar-refractivity contribution < 1.29 is 9.47 Å². The van der Waals surface area contributed by atoms with Gasteiger partial charge in [0.25, 0.3) is 0 Å². The van der Waals surface area contributed by atoms with Gasteiger partial charge in [-0.15, -0.1) is 0 Å². The van der Waals surface area contributed by atoms with Gasteiger partial charge in [0.1, 0.15) is 5.75 Å². The minimum Gasteiger partial charge on any atom is -0.467 e. The minimum absolute atomic E-state index is 0.386. The van der Waals surface area contributed by atoms with Crippen LogP contribution in [-0.2, 0) is 11.3 Å². The van der Waals surface area contributed by atoms with Crippen molar-refractivity contribution in [2.24, 2.45) is 0 Å². The van der Waals surface area contributed by atoms with E-state index >= 15 is 0 Å². The van der Waals surface area contributed by atoms with Crippen LogP contribution in [0.25, 0.3) is 0 Å². The molecule has 0 aromatic heterocycles. The maximum Gasteiger partial charge on any atom is 0.189 e. The van der Waals surface area contributed by atoms with Crippen molar-refractivity contribution in [2.45, 2.75) is 34.3 Å². The zero-order valence-electron chi connectivity index (χ0n) is 9.54. The van der Waals surface area contributed by atoms with Gasteiger partial charge >= 0.3 is 0 Å². The summed E-state index contributed by atoms with van der Waals surface area (Å²) in [6.45, 7) is 9.06. The van der Waals surface area contributed by atoms with Gasteiger partial charge in [0.05, 0.1) is 6.61 Å². The predicted molar refractivity (Wildman–Crippen MR) is 59.4 cm³/mol. The van der Waals surface area contributed by atoms with Crippen molar-refractivity contribution in [3.63, 3.8) is 0 Å². The van der Waals surface area contributed by atoms with Gasteiger partial charge in [-0.2, -0.15) is 0 Å². The molecule has 2 nitrogen and oxygen atoms in total. The molecule has 0 unspecified atom stereocenters. The number of hydrogen-bond acceptors (Lipinski definition) is 2. The van der Waals surface area contributed by atoms with Crippen LogP contribution in [0.5, 0.6) is 5.75 Å². The van der Waals surface area contributed by atoms with Crippen LogP contribution in [0.2, 0.25) is 0 Å². The third-order valence-corrected chi connectivity index (χ3v) is 1.53. The minimum atomic E-state index is 0.386. The summed E-state index contributed by atoms with van der Waals surface area (Å²) in [6, 6.07) is 7.91. The molecule has 2 heteroatoms. The summed E-state index contributed by atoms with van der Waals surface area (Å²) < 4.78 is 10.3. The second-order valence-electron chi connectivity index (χ2n) is 2.22. The van der Waals surface area contributed by atoms with Crippen LogP contribution in [0.3, 0.4) is 0 Å². The van der Waals surface area contributed by atoms with Crippen molar-refractivity contribution >= 4 is 0 Å². The summed E-state index contributed by atoms with van der Waals surface area (Å²) in [4.78, 5) is 0. The molecule has 0 radical (unpaired) electrons. The third kappa shape index (κ3) is 3.79. The number of benzene rings is 1. The predicted octanol–water partition coefficient (Wildman–Crippen LogP) is 3.61. The smallest absolute Gasteiger partial charge is 0.189 e. The highest BCUT2D eigenvalue weighted by atomic mass is 16.7. The van der Waals surface area contributed by atoms with E-state index in [0.29, 0.717) is 13.4 Å². The number of fused-ring (bicyclic) bond motifs is 1. The van der Waals surface area contributed by atoms with Crippen molar-refractivity contribution in [2.75, 3.05) is 6.79 Å². The van der Waals surface area contributed by atoms with Crippen molar-refractivity contribution in [3.05, 3.63) is 29.8 Å². The van der Waals surface area contributed by atoms with E-state index in [4.69, 9.17) is 9.47 Å². The van der Waals surface area contributed by atoms with Crippen molar-refractivity contribution in [1.82, 2.24) is 0 Å². The average Bonchev–Trinajstić information content (AvgIpc) is 2.34. The summed E-state index contributed by atoms with van der Waals surface area (Å²) in [6.07, 6.45) is 0. The van der Waals surface area contributed by atoms with E-state index in [1.54, 1.807) is 0 Å². The molecule has 1 heterocycles. The first-order valence-corrected chi connectivity index (χ1v) is 5.25. The monoisotopic (exact) mass is 196 g/mol. The van der Waals surface area contributed by atoms with E-state index in [9.17, 15) is 0 Å². The quantitative estimate of drug-likeness (QED) is 0.631. The van der Waals surface area contributed by atoms with Crippen LogP contribution < -0.4 is 4.74 Å². The number of para-hydroxylation sites is 1. The zero-order chi connectivity index (χ0) is 10.8. The van der Waals surface area contributed by atoms with Crippen LogP contribution >= 0.6 is 0 Å². The molecule has 14 heavy (non-hydrogen) atoms. The first-order chi connectivity index (χ1) is 6.97. The first kappa shape index (κ1) is 13.0. The van der Waals surface area contributed by atoms with Gasteiger partial charge in [-0.3, -0.25) is 0 Å². The van der Waals surface area contributed by atoms with Gasteiger partial charge in [-0.05, 0) is 6.07 Å². The molecule has 0 fully saturated rings. The second-order valence-corrected chi connectivity index (χ2v) is 2.22. The molecule has 0 saturated heterocycles. The molecule has 80 valence electrons. The highest BCUT2D eigenvalue weighted by Gasteiger charge is 2.07. The third-order valence-electron chi connectivity index (χ3n) is 1.53. The fourth-order valence-electron chi connectivity index (χ4n) is 1.02. The second kappa shape index (κ2) is 8.57. The van der Waals surface area contributed by atoms with E-state index in [1.807, 2.05) is 52.0 Å². The van der Waals surface area contributed by atoms with Gasteiger partial charge < -0.3 is 9.47 Å². The molecule has 0 saturated carbocycles.